The number of rotatable bonds is 13. The van der Waals surface area contributed by atoms with Crippen molar-refractivity contribution >= 4 is 17.8 Å². The predicted octanol–water partition coefficient (Wildman–Crippen LogP) is 4.47. The maximum absolute atomic E-state index is 12.5. The fraction of sp³-hybridized carbons (Fsp3) is 0.480. The Morgan fingerprint density at radius 2 is 1.75 bits per heavy atom. The van der Waals surface area contributed by atoms with Crippen LogP contribution in [0.2, 0.25) is 0 Å². The topological polar surface area (TPSA) is 94.6 Å². The van der Waals surface area contributed by atoms with Crippen molar-refractivity contribution in [3.05, 3.63) is 48.0 Å². The average molecular weight is 441 g/mol. The van der Waals surface area contributed by atoms with Crippen LogP contribution in [0.5, 0.6) is 0 Å². The molecule has 0 radical (unpaired) electrons. The molecule has 32 heavy (non-hydrogen) atoms. The number of amides is 2. The maximum atomic E-state index is 12.5. The number of pyridine rings is 1. The lowest BCUT2D eigenvalue weighted by molar-refractivity contribution is -0.139. The van der Waals surface area contributed by atoms with Crippen LogP contribution in [0.15, 0.2) is 42.5 Å². The van der Waals surface area contributed by atoms with Crippen LogP contribution in [0, 0.1) is 0 Å². The normalized spacial score (nSPS) is 11.7. The molecule has 0 fully saturated rings. The number of nitrogens with one attached hydrogen (secondary N) is 2. The van der Waals surface area contributed by atoms with E-state index in [1.807, 2.05) is 49.4 Å². The summed E-state index contributed by atoms with van der Waals surface area (Å²) < 4.78 is 0. The van der Waals surface area contributed by atoms with Crippen molar-refractivity contribution in [1.29, 1.82) is 0 Å². The largest absolute Gasteiger partial charge is 0.480 e. The number of nitrogens with zero attached hydrogens (tertiary/aromatic N) is 2. The van der Waals surface area contributed by atoms with E-state index in [1.54, 1.807) is 7.05 Å². The number of likely N-dealkylation sites (N-methyl/N-ethyl adjacent to an activating group) is 1. The molecule has 2 rings (SSSR count). The fourth-order valence-electron chi connectivity index (χ4n) is 3.46. The van der Waals surface area contributed by atoms with Gasteiger partial charge in [0.15, 0.2) is 0 Å². The Morgan fingerprint density at radius 3 is 2.41 bits per heavy atom. The van der Waals surface area contributed by atoms with E-state index in [0.717, 1.165) is 29.7 Å². The first kappa shape index (κ1) is 25.3. The molecule has 1 unspecified atom stereocenters. The van der Waals surface area contributed by atoms with Gasteiger partial charge in [0, 0.05) is 19.2 Å². The molecule has 0 spiro atoms. The zero-order valence-electron chi connectivity index (χ0n) is 19.4. The molecule has 0 aliphatic heterocycles. The molecule has 1 atom stereocenters. The van der Waals surface area contributed by atoms with Gasteiger partial charge in [-0.15, -0.1) is 0 Å². The van der Waals surface area contributed by atoms with Crippen LogP contribution >= 0.6 is 0 Å². The summed E-state index contributed by atoms with van der Waals surface area (Å²) in [5.41, 5.74) is 2.61. The minimum atomic E-state index is -0.854. The van der Waals surface area contributed by atoms with E-state index < -0.39 is 12.0 Å². The average Bonchev–Trinajstić information content (AvgIpc) is 2.81. The second kappa shape index (κ2) is 13.5. The lowest BCUT2D eigenvalue weighted by atomic mass is 10.0. The van der Waals surface area contributed by atoms with Crippen LogP contribution in [0.25, 0.3) is 11.3 Å². The standard InChI is InChI=1S/C25H36N4O3/c1-4-6-7-8-9-17-27-25(32)29(3)23-12-10-11-21(28-23)20-15-13-19(14-16-20)18-22(24(30)31)26-5-2/h10-16,22,26H,4-9,17-18H2,1-3H3,(H,27,32)(H,30,31). The fourth-order valence-corrected chi connectivity index (χ4v) is 3.46. The Labute approximate surface area is 191 Å². The van der Waals surface area contributed by atoms with Gasteiger partial charge in [-0.1, -0.05) is 69.9 Å². The molecule has 0 bridgehead atoms. The molecule has 1 aromatic carbocycles. The summed E-state index contributed by atoms with van der Waals surface area (Å²) in [7, 11) is 1.72. The van der Waals surface area contributed by atoms with Crippen molar-refractivity contribution in [2.24, 2.45) is 0 Å². The first-order valence-electron chi connectivity index (χ1n) is 11.5. The van der Waals surface area contributed by atoms with Gasteiger partial charge >= 0.3 is 12.0 Å². The van der Waals surface area contributed by atoms with E-state index in [4.69, 9.17) is 0 Å². The van der Waals surface area contributed by atoms with Crippen LogP contribution in [0.4, 0.5) is 10.6 Å². The predicted molar refractivity (Wildman–Crippen MR) is 129 cm³/mol. The van der Waals surface area contributed by atoms with Crippen molar-refractivity contribution in [2.45, 2.75) is 58.4 Å². The van der Waals surface area contributed by atoms with Crippen LogP contribution in [-0.2, 0) is 11.2 Å². The quantitative estimate of drug-likeness (QED) is 0.400. The van der Waals surface area contributed by atoms with Crippen molar-refractivity contribution in [1.82, 2.24) is 15.6 Å². The summed E-state index contributed by atoms with van der Waals surface area (Å²) in [6, 6.07) is 12.5. The Bertz CT molecular complexity index is 855. The summed E-state index contributed by atoms with van der Waals surface area (Å²) in [5, 5.41) is 15.3. The molecule has 3 N–H and O–H groups in total. The zero-order valence-corrected chi connectivity index (χ0v) is 19.4. The van der Waals surface area contributed by atoms with E-state index >= 15 is 0 Å². The van der Waals surface area contributed by atoms with Gasteiger partial charge in [0.2, 0.25) is 0 Å². The lowest BCUT2D eigenvalue weighted by Crippen LogP contribution is -2.38. The lowest BCUT2D eigenvalue weighted by Gasteiger charge is -2.18. The number of urea groups is 1. The van der Waals surface area contributed by atoms with Gasteiger partial charge in [0.05, 0.1) is 5.69 Å². The van der Waals surface area contributed by atoms with Crippen molar-refractivity contribution in [3.63, 3.8) is 0 Å². The number of unbranched alkanes of at least 4 members (excludes halogenated alkanes) is 4. The Kier molecular flexibility index (Phi) is 10.7. The highest BCUT2D eigenvalue weighted by atomic mass is 16.4. The van der Waals surface area contributed by atoms with Gasteiger partial charge in [-0.3, -0.25) is 9.69 Å². The first-order chi connectivity index (χ1) is 15.5. The number of carboxylic acids is 1. The molecule has 0 saturated carbocycles. The van der Waals surface area contributed by atoms with Crippen LogP contribution < -0.4 is 15.5 Å². The highest BCUT2D eigenvalue weighted by Crippen LogP contribution is 2.21. The summed E-state index contributed by atoms with van der Waals surface area (Å²) in [5.74, 6) is -0.277. The Balaban J connectivity index is 1.98. The van der Waals surface area contributed by atoms with Gasteiger partial charge in [-0.2, -0.15) is 0 Å². The van der Waals surface area contributed by atoms with Gasteiger partial charge in [-0.05, 0) is 37.1 Å². The number of carbonyl (C=O) groups is 2. The smallest absolute Gasteiger partial charge is 0.322 e. The van der Waals surface area contributed by atoms with E-state index in [0.29, 0.717) is 25.3 Å². The van der Waals surface area contributed by atoms with E-state index in [2.05, 4.69) is 22.5 Å². The molecular weight excluding hydrogens is 404 g/mol. The molecule has 7 nitrogen and oxygen atoms in total. The number of hydrogen-bond acceptors (Lipinski definition) is 4. The maximum Gasteiger partial charge on any atom is 0.322 e. The van der Waals surface area contributed by atoms with Crippen LogP contribution in [0.1, 0.15) is 51.5 Å². The SMILES string of the molecule is CCCCCCCNC(=O)N(C)c1cccc(-c2ccc(CC(NCC)C(=O)O)cc2)n1. The third-order valence-electron chi connectivity index (χ3n) is 5.38. The molecule has 174 valence electrons. The minimum Gasteiger partial charge on any atom is -0.480 e. The monoisotopic (exact) mass is 440 g/mol. The van der Waals surface area contributed by atoms with Crippen LogP contribution in [-0.4, -0.2) is 48.3 Å². The molecule has 2 amide bonds. The van der Waals surface area contributed by atoms with Crippen molar-refractivity contribution < 1.29 is 14.7 Å². The highest BCUT2D eigenvalue weighted by molar-refractivity contribution is 5.90. The minimum absolute atomic E-state index is 0.163. The molecular formula is C25H36N4O3. The highest BCUT2D eigenvalue weighted by Gasteiger charge is 2.16. The molecule has 0 aliphatic rings. The molecule has 7 heteroatoms. The number of aliphatic carboxylic acids is 1. The molecule has 0 saturated heterocycles. The number of benzene rings is 1. The summed E-state index contributed by atoms with van der Waals surface area (Å²) in [6.45, 7) is 5.35. The molecule has 1 aromatic heterocycles. The van der Waals surface area contributed by atoms with Gasteiger partial charge in [0.25, 0.3) is 0 Å². The second-order valence-corrected chi connectivity index (χ2v) is 7.94. The van der Waals surface area contributed by atoms with Crippen LogP contribution in [0.3, 0.4) is 0 Å². The third-order valence-corrected chi connectivity index (χ3v) is 5.38. The van der Waals surface area contributed by atoms with E-state index in [1.165, 1.54) is 24.2 Å². The Hall–Kier alpha value is -2.93. The van der Waals surface area contributed by atoms with Gasteiger partial charge in [0.1, 0.15) is 11.9 Å². The number of carbonyl (C=O) groups excluding carboxylic acids is 1. The van der Waals surface area contributed by atoms with Gasteiger partial charge < -0.3 is 15.7 Å². The zero-order chi connectivity index (χ0) is 23.3. The third kappa shape index (κ3) is 7.96. The van der Waals surface area contributed by atoms with Crippen molar-refractivity contribution in [2.75, 3.05) is 25.0 Å². The Morgan fingerprint density at radius 1 is 1.03 bits per heavy atom. The number of anilines is 1. The van der Waals surface area contributed by atoms with E-state index in [-0.39, 0.29) is 6.03 Å². The number of carboxylic acid groups (broad SMARTS) is 1. The summed E-state index contributed by atoms with van der Waals surface area (Å²) in [6.07, 6.45) is 6.17. The van der Waals surface area contributed by atoms with Gasteiger partial charge in [-0.25, -0.2) is 9.78 Å². The summed E-state index contributed by atoms with van der Waals surface area (Å²) >= 11 is 0. The molecule has 0 aliphatic carbocycles. The molecule has 2 aromatic rings. The first-order valence-corrected chi connectivity index (χ1v) is 11.5. The number of hydrogen-bond donors (Lipinski definition) is 3. The van der Waals surface area contributed by atoms with E-state index in [9.17, 15) is 14.7 Å². The summed E-state index contributed by atoms with van der Waals surface area (Å²) in [4.78, 5) is 30.0. The number of aromatic nitrogens is 1. The van der Waals surface area contributed by atoms with Crippen molar-refractivity contribution in [3.8, 4) is 11.3 Å². The molecule has 1 heterocycles. The second-order valence-electron chi connectivity index (χ2n) is 7.94.